The van der Waals surface area contributed by atoms with Crippen LogP contribution >= 0.6 is 0 Å². The zero-order valence-corrected chi connectivity index (χ0v) is 14.8. The van der Waals surface area contributed by atoms with E-state index in [1.807, 2.05) is 6.92 Å². The van der Waals surface area contributed by atoms with Gasteiger partial charge in [0, 0.05) is 19.6 Å². The summed E-state index contributed by atoms with van der Waals surface area (Å²) >= 11 is 0. The van der Waals surface area contributed by atoms with Gasteiger partial charge in [0.15, 0.2) is 0 Å². The van der Waals surface area contributed by atoms with Gasteiger partial charge in [-0.2, -0.15) is 0 Å². The van der Waals surface area contributed by atoms with Gasteiger partial charge in [0.25, 0.3) is 0 Å². The first-order valence-electron chi connectivity index (χ1n) is 9.37. The van der Waals surface area contributed by atoms with E-state index < -0.39 is 5.60 Å². The van der Waals surface area contributed by atoms with E-state index in [4.69, 9.17) is 4.74 Å². The van der Waals surface area contributed by atoms with Gasteiger partial charge in [0.1, 0.15) is 12.4 Å². The first-order valence-corrected chi connectivity index (χ1v) is 9.37. The highest BCUT2D eigenvalue weighted by Gasteiger charge is 2.29. The van der Waals surface area contributed by atoms with Crippen LogP contribution in [0, 0.1) is 0 Å². The molecule has 2 N–H and O–H groups in total. The molecular weight excluding hydrogens is 302 g/mol. The summed E-state index contributed by atoms with van der Waals surface area (Å²) in [7, 11) is 0. The molecular formula is C20H31NO3. The first-order chi connectivity index (χ1) is 11.5. The summed E-state index contributed by atoms with van der Waals surface area (Å²) in [5, 5.41) is 19.6. The lowest BCUT2D eigenvalue weighted by Crippen LogP contribution is -2.38. The Morgan fingerprint density at radius 3 is 2.33 bits per heavy atom. The Balaban J connectivity index is 1.42. The summed E-state index contributed by atoms with van der Waals surface area (Å²) in [4.78, 5) is 2.36. The molecule has 1 aromatic rings. The summed E-state index contributed by atoms with van der Waals surface area (Å²) in [6, 6.07) is 8.50. The molecule has 1 aliphatic heterocycles. The van der Waals surface area contributed by atoms with E-state index in [-0.39, 0.29) is 6.10 Å². The maximum Gasteiger partial charge on any atom is 0.119 e. The fourth-order valence-corrected chi connectivity index (χ4v) is 3.84. The van der Waals surface area contributed by atoms with Crippen molar-refractivity contribution in [3.05, 3.63) is 29.8 Å². The van der Waals surface area contributed by atoms with Crippen molar-refractivity contribution in [1.29, 1.82) is 0 Å². The third kappa shape index (κ3) is 4.95. The third-order valence-corrected chi connectivity index (χ3v) is 5.65. The zero-order valence-electron chi connectivity index (χ0n) is 14.8. The minimum atomic E-state index is -0.468. The lowest BCUT2D eigenvalue weighted by molar-refractivity contribution is 0.0172. The van der Waals surface area contributed by atoms with Crippen molar-refractivity contribution in [2.75, 3.05) is 26.2 Å². The number of hydrogen-bond acceptors (Lipinski definition) is 4. The second kappa shape index (κ2) is 7.85. The fraction of sp³-hybridized carbons (Fsp3) is 0.700. The Labute approximate surface area is 145 Å². The van der Waals surface area contributed by atoms with Gasteiger partial charge < -0.3 is 14.9 Å². The minimum absolute atomic E-state index is 0.113. The van der Waals surface area contributed by atoms with Crippen LogP contribution in [0.5, 0.6) is 5.75 Å². The van der Waals surface area contributed by atoms with E-state index in [0.29, 0.717) is 12.5 Å². The maximum atomic E-state index is 10.1. The smallest absolute Gasteiger partial charge is 0.119 e. The second-order valence-corrected chi connectivity index (χ2v) is 7.76. The van der Waals surface area contributed by atoms with Crippen molar-refractivity contribution < 1.29 is 14.9 Å². The molecule has 0 radical (unpaired) electrons. The highest BCUT2D eigenvalue weighted by Crippen LogP contribution is 2.38. The number of rotatable bonds is 5. The molecule has 1 aromatic carbocycles. The van der Waals surface area contributed by atoms with E-state index in [2.05, 4.69) is 29.2 Å². The summed E-state index contributed by atoms with van der Waals surface area (Å²) in [5.41, 5.74) is 0.896. The van der Waals surface area contributed by atoms with Crippen LogP contribution in [-0.2, 0) is 0 Å². The molecule has 2 aliphatic rings. The predicted molar refractivity (Wildman–Crippen MR) is 95.5 cm³/mol. The first kappa shape index (κ1) is 17.7. The topological polar surface area (TPSA) is 52.9 Å². The number of aliphatic hydroxyl groups excluding tert-OH is 1. The highest BCUT2D eigenvalue weighted by molar-refractivity contribution is 5.29. The Hall–Kier alpha value is -1.10. The van der Waals surface area contributed by atoms with Gasteiger partial charge in [-0.05, 0) is 69.1 Å². The average molecular weight is 333 g/mol. The van der Waals surface area contributed by atoms with Gasteiger partial charge in [-0.1, -0.05) is 12.1 Å². The number of aliphatic hydroxyl groups is 2. The van der Waals surface area contributed by atoms with E-state index >= 15 is 0 Å². The molecule has 4 heteroatoms. The van der Waals surface area contributed by atoms with Crippen molar-refractivity contribution in [1.82, 2.24) is 4.90 Å². The van der Waals surface area contributed by atoms with E-state index in [0.717, 1.165) is 63.9 Å². The van der Waals surface area contributed by atoms with Crippen LogP contribution in [0.4, 0.5) is 0 Å². The molecule has 0 unspecified atom stereocenters. The number of likely N-dealkylation sites (tertiary alicyclic amines) is 1. The van der Waals surface area contributed by atoms with Crippen LogP contribution in [0.3, 0.4) is 0 Å². The molecule has 1 saturated carbocycles. The third-order valence-electron chi connectivity index (χ3n) is 5.65. The van der Waals surface area contributed by atoms with E-state index in [1.54, 1.807) is 0 Å². The van der Waals surface area contributed by atoms with Crippen LogP contribution in [0.1, 0.15) is 56.9 Å². The Morgan fingerprint density at radius 1 is 1.08 bits per heavy atom. The molecule has 1 heterocycles. The van der Waals surface area contributed by atoms with Crippen molar-refractivity contribution in [3.8, 4) is 5.75 Å². The molecule has 3 rings (SSSR count). The zero-order chi connectivity index (χ0) is 17.0. The lowest BCUT2D eigenvalue weighted by atomic mass is 9.77. The number of benzene rings is 1. The quantitative estimate of drug-likeness (QED) is 0.870. The molecule has 2 fully saturated rings. The Kier molecular flexibility index (Phi) is 5.80. The molecule has 0 amide bonds. The second-order valence-electron chi connectivity index (χ2n) is 7.76. The summed E-state index contributed by atoms with van der Waals surface area (Å²) < 4.78 is 5.87. The van der Waals surface area contributed by atoms with Gasteiger partial charge in [0.05, 0.1) is 11.7 Å². The summed E-state index contributed by atoms with van der Waals surface area (Å²) in [6.45, 7) is 5.50. The minimum Gasteiger partial charge on any atom is -0.492 e. The van der Waals surface area contributed by atoms with Gasteiger partial charge in [-0.3, -0.25) is 4.90 Å². The molecule has 0 aromatic heterocycles. The van der Waals surface area contributed by atoms with Gasteiger partial charge in [-0.15, -0.1) is 0 Å². The molecule has 24 heavy (non-hydrogen) atoms. The standard InChI is InChI=1S/C20H31NO3/c1-20(23)10-6-17(7-11-20)16-2-4-19(5-3-16)24-15-14-21-12-8-18(22)9-13-21/h2-5,17-18,22-23H,6-15H2,1H3. The van der Waals surface area contributed by atoms with E-state index in [1.165, 1.54) is 5.56 Å². The molecule has 0 spiro atoms. The molecule has 0 bridgehead atoms. The highest BCUT2D eigenvalue weighted by atomic mass is 16.5. The monoisotopic (exact) mass is 333 g/mol. The number of ether oxygens (including phenoxy) is 1. The Bertz CT molecular complexity index is 496. The lowest BCUT2D eigenvalue weighted by Gasteiger charge is -2.33. The van der Waals surface area contributed by atoms with Crippen molar-refractivity contribution >= 4 is 0 Å². The van der Waals surface area contributed by atoms with Crippen molar-refractivity contribution in [2.45, 2.75) is 63.1 Å². The van der Waals surface area contributed by atoms with Crippen LogP contribution in [-0.4, -0.2) is 53.1 Å². The SMILES string of the molecule is CC1(O)CCC(c2ccc(OCCN3CCC(O)CC3)cc2)CC1. The van der Waals surface area contributed by atoms with E-state index in [9.17, 15) is 10.2 Å². The summed E-state index contributed by atoms with van der Waals surface area (Å²) in [5.74, 6) is 1.50. The van der Waals surface area contributed by atoms with Crippen LogP contribution in [0.15, 0.2) is 24.3 Å². The molecule has 134 valence electrons. The Morgan fingerprint density at radius 2 is 1.71 bits per heavy atom. The van der Waals surface area contributed by atoms with Crippen molar-refractivity contribution in [3.63, 3.8) is 0 Å². The van der Waals surface area contributed by atoms with Crippen molar-refractivity contribution in [2.24, 2.45) is 0 Å². The predicted octanol–water partition coefficient (Wildman–Crippen LogP) is 2.93. The van der Waals surface area contributed by atoms with Crippen LogP contribution < -0.4 is 4.74 Å². The molecule has 1 saturated heterocycles. The molecule has 0 atom stereocenters. The average Bonchev–Trinajstić information content (AvgIpc) is 2.57. The molecule has 1 aliphatic carbocycles. The fourth-order valence-electron chi connectivity index (χ4n) is 3.84. The largest absolute Gasteiger partial charge is 0.492 e. The van der Waals surface area contributed by atoms with Crippen LogP contribution in [0.2, 0.25) is 0 Å². The van der Waals surface area contributed by atoms with Gasteiger partial charge >= 0.3 is 0 Å². The normalized spacial score (nSPS) is 29.5. The molecule has 4 nitrogen and oxygen atoms in total. The van der Waals surface area contributed by atoms with Crippen LogP contribution in [0.25, 0.3) is 0 Å². The number of piperidine rings is 1. The number of nitrogens with zero attached hydrogens (tertiary/aromatic N) is 1. The summed E-state index contributed by atoms with van der Waals surface area (Å²) in [6.07, 6.45) is 5.55. The van der Waals surface area contributed by atoms with Gasteiger partial charge in [0.2, 0.25) is 0 Å². The van der Waals surface area contributed by atoms with Gasteiger partial charge in [-0.25, -0.2) is 0 Å². The number of hydrogen-bond donors (Lipinski definition) is 2. The maximum absolute atomic E-state index is 10.1.